The molecule has 0 radical (unpaired) electrons. The van der Waals surface area contributed by atoms with E-state index in [4.69, 9.17) is 9.84 Å². The largest absolute Gasteiger partial charge is 0.393 e. The van der Waals surface area contributed by atoms with Gasteiger partial charge in [0.05, 0.1) is 6.10 Å². The molecule has 1 N–H and O–H groups in total. The Morgan fingerprint density at radius 1 is 0.905 bits per heavy atom. The van der Waals surface area contributed by atoms with Gasteiger partial charge in [-0.25, -0.2) is 0 Å². The summed E-state index contributed by atoms with van der Waals surface area (Å²) in [7, 11) is 2.12. The zero-order valence-corrected chi connectivity index (χ0v) is 12.3. The van der Waals surface area contributed by atoms with Crippen molar-refractivity contribution in [2.75, 3.05) is 13.2 Å². The maximum Gasteiger partial charge on any atom is 0.0584 e. The van der Waals surface area contributed by atoms with Crippen molar-refractivity contribution in [2.45, 2.75) is 18.9 Å². The molecule has 2 aromatic carbocycles. The fourth-order valence-corrected chi connectivity index (χ4v) is 2.80. The van der Waals surface area contributed by atoms with Crippen molar-refractivity contribution in [3.05, 3.63) is 48.5 Å². The zero-order chi connectivity index (χ0) is 14.7. The van der Waals surface area contributed by atoms with E-state index >= 15 is 0 Å². The van der Waals surface area contributed by atoms with E-state index in [0.717, 1.165) is 26.1 Å². The van der Waals surface area contributed by atoms with Gasteiger partial charge < -0.3 is 14.4 Å². The van der Waals surface area contributed by atoms with Crippen molar-refractivity contribution in [1.29, 1.82) is 0 Å². The molecule has 2 heterocycles. The summed E-state index contributed by atoms with van der Waals surface area (Å²) in [6.07, 6.45) is 1.55. The Morgan fingerprint density at radius 2 is 1.38 bits per heavy atom. The Balaban J connectivity index is 0.000000160. The van der Waals surface area contributed by atoms with E-state index in [0.29, 0.717) is 0 Å². The molecular formula is C18H21NO2. The summed E-state index contributed by atoms with van der Waals surface area (Å²) in [5, 5.41) is 11.5. The second kappa shape index (κ2) is 6.29. The average molecular weight is 283 g/mol. The van der Waals surface area contributed by atoms with Gasteiger partial charge >= 0.3 is 0 Å². The van der Waals surface area contributed by atoms with E-state index in [-0.39, 0.29) is 6.10 Å². The van der Waals surface area contributed by atoms with Gasteiger partial charge in [0.25, 0.3) is 0 Å². The molecule has 1 saturated heterocycles. The predicted molar refractivity (Wildman–Crippen MR) is 86.5 cm³/mol. The van der Waals surface area contributed by atoms with Crippen LogP contribution in [0.15, 0.2) is 48.5 Å². The van der Waals surface area contributed by atoms with Gasteiger partial charge in [-0.15, -0.1) is 0 Å². The Kier molecular flexibility index (Phi) is 4.23. The first-order valence-electron chi connectivity index (χ1n) is 7.45. The van der Waals surface area contributed by atoms with Crippen LogP contribution in [-0.4, -0.2) is 29.0 Å². The molecule has 3 nitrogen and oxygen atoms in total. The highest BCUT2D eigenvalue weighted by atomic mass is 16.5. The van der Waals surface area contributed by atoms with Crippen LogP contribution in [0.1, 0.15) is 12.8 Å². The molecule has 0 spiro atoms. The maximum atomic E-state index is 8.83. The van der Waals surface area contributed by atoms with Crippen molar-refractivity contribution < 1.29 is 9.84 Å². The average Bonchev–Trinajstić information content (AvgIpc) is 2.83. The second-order valence-corrected chi connectivity index (χ2v) is 5.44. The van der Waals surface area contributed by atoms with Gasteiger partial charge in [0.1, 0.15) is 0 Å². The standard InChI is InChI=1S/C13H11N.C5H10O2/c1-14-12-8-4-2-6-10(12)11-7-3-5-9-13(11)14;6-5-1-3-7-4-2-5/h2-9H,1H3;5-6H,1-4H2. The van der Waals surface area contributed by atoms with Crippen LogP contribution in [-0.2, 0) is 11.8 Å². The highest BCUT2D eigenvalue weighted by molar-refractivity contribution is 6.07. The number of aliphatic hydroxyl groups excluding tert-OH is 1. The lowest BCUT2D eigenvalue weighted by Gasteiger charge is -2.15. The topological polar surface area (TPSA) is 34.4 Å². The van der Waals surface area contributed by atoms with E-state index < -0.39 is 0 Å². The van der Waals surface area contributed by atoms with Crippen LogP contribution in [0.2, 0.25) is 0 Å². The lowest BCUT2D eigenvalue weighted by atomic mass is 10.2. The van der Waals surface area contributed by atoms with E-state index in [9.17, 15) is 0 Å². The molecule has 21 heavy (non-hydrogen) atoms. The van der Waals surface area contributed by atoms with Crippen LogP contribution < -0.4 is 0 Å². The molecule has 3 heteroatoms. The third-order valence-electron chi connectivity index (χ3n) is 4.01. The number of nitrogens with zero attached hydrogens (tertiary/aromatic N) is 1. The normalized spacial score (nSPS) is 15.9. The van der Waals surface area contributed by atoms with Crippen molar-refractivity contribution in [1.82, 2.24) is 4.57 Å². The fraction of sp³-hybridized carbons (Fsp3) is 0.333. The van der Waals surface area contributed by atoms with Crippen molar-refractivity contribution in [2.24, 2.45) is 7.05 Å². The summed E-state index contributed by atoms with van der Waals surface area (Å²) in [4.78, 5) is 0. The number of hydrogen-bond acceptors (Lipinski definition) is 2. The number of rotatable bonds is 0. The summed E-state index contributed by atoms with van der Waals surface area (Å²) in [5.74, 6) is 0. The first-order chi connectivity index (χ1) is 10.3. The van der Waals surface area contributed by atoms with Crippen LogP contribution in [0, 0.1) is 0 Å². The minimum absolute atomic E-state index is 0.0891. The molecular weight excluding hydrogens is 262 g/mol. The van der Waals surface area contributed by atoms with Gasteiger partial charge in [-0.05, 0) is 25.0 Å². The lowest BCUT2D eigenvalue weighted by molar-refractivity contribution is 0.0140. The van der Waals surface area contributed by atoms with Crippen molar-refractivity contribution in [3.63, 3.8) is 0 Å². The molecule has 4 rings (SSSR count). The third kappa shape index (κ3) is 2.94. The number of aromatic nitrogens is 1. The van der Waals surface area contributed by atoms with E-state index in [1.165, 1.54) is 21.8 Å². The molecule has 1 aliphatic rings. The molecule has 110 valence electrons. The van der Waals surface area contributed by atoms with Gasteiger partial charge in [-0.3, -0.25) is 0 Å². The molecule has 0 aliphatic carbocycles. The highest BCUT2D eigenvalue weighted by Gasteiger charge is 2.08. The second-order valence-electron chi connectivity index (χ2n) is 5.44. The van der Waals surface area contributed by atoms with Crippen molar-refractivity contribution >= 4 is 21.8 Å². The van der Waals surface area contributed by atoms with E-state index in [1.807, 2.05) is 0 Å². The lowest BCUT2D eigenvalue weighted by Crippen LogP contribution is -2.19. The van der Waals surface area contributed by atoms with Gasteiger partial charge in [0, 0.05) is 42.1 Å². The molecule has 0 unspecified atom stereocenters. The maximum absolute atomic E-state index is 8.83. The van der Waals surface area contributed by atoms with Crippen LogP contribution >= 0.6 is 0 Å². The van der Waals surface area contributed by atoms with Crippen LogP contribution in [0.4, 0.5) is 0 Å². The SMILES string of the molecule is Cn1c2ccccc2c2ccccc21.OC1CCOCC1. The van der Waals surface area contributed by atoms with Crippen molar-refractivity contribution in [3.8, 4) is 0 Å². The monoisotopic (exact) mass is 283 g/mol. The first-order valence-corrected chi connectivity index (χ1v) is 7.45. The summed E-state index contributed by atoms with van der Waals surface area (Å²) in [5.41, 5.74) is 2.60. The minimum atomic E-state index is -0.0891. The first kappa shape index (κ1) is 14.1. The summed E-state index contributed by atoms with van der Waals surface area (Å²) >= 11 is 0. The molecule has 1 fully saturated rings. The molecule has 3 aromatic rings. The third-order valence-corrected chi connectivity index (χ3v) is 4.01. The van der Waals surface area contributed by atoms with E-state index in [1.54, 1.807) is 0 Å². The van der Waals surface area contributed by atoms with E-state index in [2.05, 4.69) is 60.1 Å². The van der Waals surface area contributed by atoms with Gasteiger partial charge in [-0.2, -0.15) is 0 Å². The van der Waals surface area contributed by atoms with Gasteiger partial charge in [0.2, 0.25) is 0 Å². The number of para-hydroxylation sites is 2. The molecule has 0 bridgehead atoms. The Bertz CT molecular complexity index is 673. The number of ether oxygens (including phenoxy) is 1. The quantitative estimate of drug-likeness (QED) is 0.685. The predicted octanol–water partition coefficient (Wildman–Crippen LogP) is 3.49. The Labute approximate surface area is 124 Å². The molecule has 0 amide bonds. The highest BCUT2D eigenvalue weighted by Crippen LogP contribution is 2.26. The smallest absolute Gasteiger partial charge is 0.0584 e. The molecule has 1 aliphatic heterocycles. The van der Waals surface area contributed by atoms with Crippen LogP contribution in [0.3, 0.4) is 0 Å². The summed E-state index contributed by atoms with van der Waals surface area (Å²) in [6, 6.07) is 17.0. The number of fused-ring (bicyclic) bond motifs is 3. The number of benzene rings is 2. The molecule has 1 aromatic heterocycles. The molecule has 0 saturated carbocycles. The van der Waals surface area contributed by atoms with Gasteiger partial charge in [-0.1, -0.05) is 36.4 Å². The molecule has 0 atom stereocenters. The number of hydrogen-bond donors (Lipinski definition) is 1. The summed E-state index contributed by atoms with van der Waals surface area (Å²) in [6.45, 7) is 1.47. The minimum Gasteiger partial charge on any atom is -0.393 e. The number of aliphatic hydroxyl groups is 1. The van der Waals surface area contributed by atoms with Crippen LogP contribution in [0.5, 0.6) is 0 Å². The van der Waals surface area contributed by atoms with Crippen LogP contribution in [0.25, 0.3) is 21.8 Å². The zero-order valence-electron chi connectivity index (χ0n) is 12.3. The fourth-order valence-electron chi connectivity index (χ4n) is 2.80. The summed E-state index contributed by atoms with van der Waals surface area (Å²) < 4.78 is 7.22. The van der Waals surface area contributed by atoms with Gasteiger partial charge in [0.15, 0.2) is 0 Å². The Hall–Kier alpha value is -1.84. The number of aryl methyl sites for hydroxylation is 1. The Morgan fingerprint density at radius 3 is 1.81 bits per heavy atom.